The highest BCUT2D eigenvalue weighted by atomic mass is 35.5. The molecule has 1 heterocycles. The standard InChI is InChI=1S/C13H10Cl2FNO2/c1-7(17-13(18)8-2-3-19-6-8)9-4-12(16)11(15)5-10(9)14/h2-7H,1H3,(H,17,18)/t7-/m0/s1. The largest absolute Gasteiger partial charge is 0.472 e. The highest BCUT2D eigenvalue weighted by Gasteiger charge is 2.16. The van der Waals surface area contributed by atoms with Gasteiger partial charge in [0.15, 0.2) is 0 Å². The maximum Gasteiger partial charge on any atom is 0.255 e. The summed E-state index contributed by atoms with van der Waals surface area (Å²) in [5, 5.41) is 2.94. The Morgan fingerprint density at radius 1 is 1.37 bits per heavy atom. The zero-order valence-corrected chi connectivity index (χ0v) is 11.4. The van der Waals surface area contributed by atoms with Crippen molar-refractivity contribution >= 4 is 29.1 Å². The van der Waals surface area contributed by atoms with E-state index in [1.54, 1.807) is 6.92 Å². The zero-order chi connectivity index (χ0) is 14.0. The first-order valence-corrected chi connectivity index (χ1v) is 6.22. The summed E-state index contributed by atoms with van der Waals surface area (Å²) < 4.78 is 18.2. The fourth-order valence-electron chi connectivity index (χ4n) is 1.62. The van der Waals surface area contributed by atoms with Crippen LogP contribution < -0.4 is 5.32 Å². The topological polar surface area (TPSA) is 42.2 Å². The summed E-state index contributed by atoms with van der Waals surface area (Å²) in [6.45, 7) is 1.70. The molecule has 0 fully saturated rings. The van der Waals surface area contributed by atoms with E-state index in [0.29, 0.717) is 16.1 Å². The van der Waals surface area contributed by atoms with Crippen LogP contribution in [0.25, 0.3) is 0 Å². The minimum Gasteiger partial charge on any atom is -0.472 e. The van der Waals surface area contributed by atoms with Gasteiger partial charge in [-0.2, -0.15) is 0 Å². The van der Waals surface area contributed by atoms with Gasteiger partial charge in [-0.1, -0.05) is 23.2 Å². The molecule has 0 aliphatic heterocycles. The molecule has 2 aromatic rings. The SMILES string of the molecule is C[C@H](NC(=O)c1ccoc1)c1cc(F)c(Cl)cc1Cl. The van der Waals surface area contributed by atoms with Crippen LogP contribution in [0, 0.1) is 5.82 Å². The smallest absolute Gasteiger partial charge is 0.255 e. The Morgan fingerprint density at radius 3 is 2.74 bits per heavy atom. The highest BCUT2D eigenvalue weighted by Crippen LogP contribution is 2.28. The van der Waals surface area contributed by atoms with Crippen LogP contribution in [0.2, 0.25) is 10.0 Å². The molecule has 19 heavy (non-hydrogen) atoms. The molecule has 1 aromatic heterocycles. The predicted molar refractivity (Wildman–Crippen MR) is 71.0 cm³/mol. The van der Waals surface area contributed by atoms with E-state index in [-0.39, 0.29) is 10.9 Å². The van der Waals surface area contributed by atoms with Crippen molar-refractivity contribution in [1.29, 1.82) is 0 Å². The van der Waals surface area contributed by atoms with Gasteiger partial charge in [0, 0.05) is 5.02 Å². The van der Waals surface area contributed by atoms with Crippen molar-refractivity contribution in [3.8, 4) is 0 Å². The molecule has 0 unspecified atom stereocenters. The molecule has 6 heteroatoms. The number of benzene rings is 1. The summed E-state index contributed by atoms with van der Waals surface area (Å²) in [7, 11) is 0. The highest BCUT2D eigenvalue weighted by molar-refractivity contribution is 6.35. The van der Waals surface area contributed by atoms with Gasteiger partial charge < -0.3 is 9.73 Å². The second kappa shape index (κ2) is 5.63. The number of furan rings is 1. The van der Waals surface area contributed by atoms with Crippen LogP contribution in [-0.2, 0) is 0 Å². The van der Waals surface area contributed by atoms with Crippen molar-refractivity contribution in [2.24, 2.45) is 0 Å². The third kappa shape index (κ3) is 3.08. The maximum absolute atomic E-state index is 13.4. The number of carbonyl (C=O) groups is 1. The van der Waals surface area contributed by atoms with Crippen LogP contribution in [0.3, 0.4) is 0 Å². The van der Waals surface area contributed by atoms with E-state index >= 15 is 0 Å². The lowest BCUT2D eigenvalue weighted by Gasteiger charge is -2.15. The van der Waals surface area contributed by atoms with Crippen molar-refractivity contribution < 1.29 is 13.6 Å². The summed E-state index contributed by atoms with van der Waals surface area (Å²) in [4.78, 5) is 11.8. The Morgan fingerprint density at radius 2 is 2.11 bits per heavy atom. The van der Waals surface area contributed by atoms with Crippen LogP contribution in [0.5, 0.6) is 0 Å². The molecule has 0 saturated carbocycles. The van der Waals surface area contributed by atoms with E-state index in [2.05, 4.69) is 5.32 Å². The first-order chi connectivity index (χ1) is 8.99. The Bertz CT molecular complexity index is 599. The second-order valence-electron chi connectivity index (χ2n) is 4.00. The lowest BCUT2D eigenvalue weighted by molar-refractivity contribution is 0.0939. The number of nitrogens with one attached hydrogen (secondary N) is 1. The molecular weight excluding hydrogens is 292 g/mol. The molecule has 0 spiro atoms. The van der Waals surface area contributed by atoms with Crippen molar-refractivity contribution in [3.63, 3.8) is 0 Å². The second-order valence-corrected chi connectivity index (χ2v) is 4.81. The lowest BCUT2D eigenvalue weighted by Crippen LogP contribution is -2.26. The minimum absolute atomic E-state index is 0.0536. The van der Waals surface area contributed by atoms with Crippen molar-refractivity contribution in [2.45, 2.75) is 13.0 Å². The molecule has 3 nitrogen and oxygen atoms in total. The van der Waals surface area contributed by atoms with Gasteiger partial charge in [0.25, 0.3) is 5.91 Å². The molecule has 0 radical (unpaired) electrons. The quantitative estimate of drug-likeness (QED) is 0.863. The molecule has 1 atom stereocenters. The number of rotatable bonds is 3. The Kier molecular flexibility index (Phi) is 4.12. The summed E-state index contributed by atoms with van der Waals surface area (Å²) in [5.41, 5.74) is 0.845. The fraction of sp³-hybridized carbons (Fsp3) is 0.154. The fourth-order valence-corrected chi connectivity index (χ4v) is 2.17. The first kappa shape index (κ1) is 13.9. The van der Waals surface area contributed by atoms with E-state index in [1.807, 2.05) is 0 Å². The van der Waals surface area contributed by atoms with Gasteiger partial charge in [-0.3, -0.25) is 4.79 Å². The monoisotopic (exact) mass is 301 g/mol. The molecule has 0 bridgehead atoms. The summed E-state index contributed by atoms with van der Waals surface area (Å²) in [6, 6.07) is 3.60. The van der Waals surface area contributed by atoms with Crippen molar-refractivity contribution in [2.75, 3.05) is 0 Å². The first-order valence-electron chi connectivity index (χ1n) is 5.46. The molecule has 2 rings (SSSR count). The van der Waals surface area contributed by atoms with Gasteiger partial charge in [-0.25, -0.2) is 4.39 Å². The van der Waals surface area contributed by atoms with Crippen LogP contribution in [0.1, 0.15) is 28.9 Å². The average molecular weight is 302 g/mol. The van der Waals surface area contributed by atoms with Crippen LogP contribution in [0.4, 0.5) is 4.39 Å². The number of carbonyl (C=O) groups excluding carboxylic acids is 1. The number of amides is 1. The predicted octanol–water partition coefficient (Wildman–Crippen LogP) is 4.22. The molecule has 0 saturated heterocycles. The summed E-state index contributed by atoms with van der Waals surface area (Å²) >= 11 is 11.6. The Labute approximate surface area is 119 Å². The molecule has 0 aliphatic carbocycles. The third-order valence-electron chi connectivity index (χ3n) is 2.64. The van der Waals surface area contributed by atoms with Gasteiger partial charge in [0.2, 0.25) is 0 Å². The molecule has 1 N–H and O–H groups in total. The average Bonchev–Trinajstić information content (AvgIpc) is 2.87. The molecule has 1 amide bonds. The molecule has 100 valence electrons. The maximum atomic E-state index is 13.4. The van der Waals surface area contributed by atoms with Gasteiger partial charge in [0.1, 0.15) is 12.1 Å². The molecule has 1 aromatic carbocycles. The Balaban J connectivity index is 2.18. The number of hydrogen-bond donors (Lipinski definition) is 1. The van der Waals surface area contributed by atoms with E-state index < -0.39 is 11.9 Å². The van der Waals surface area contributed by atoms with Crippen LogP contribution in [0.15, 0.2) is 35.1 Å². The van der Waals surface area contributed by atoms with Crippen LogP contribution in [-0.4, -0.2) is 5.91 Å². The van der Waals surface area contributed by atoms with E-state index in [1.165, 1.54) is 30.7 Å². The van der Waals surface area contributed by atoms with Gasteiger partial charge in [0.05, 0.1) is 22.9 Å². The molecule has 0 aliphatic rings. The Hall–Kier alpha value is -1.52. The van der Waals surface area contributed by atoms with Gasteiger partial charge in [-0.05, 0) is 30.7 Å². The minimum atomic E-state index is -0.578. The van der Waals surface area contributed by atoms with Gasteiger partial charge in [-0.15, -0.1) is 0 Å². The number of halogens is 3. The lowest BCUT2D eigenvalue weighted by atomic mass is 10.1. The summed E-state index contributed by atoms with van der Waals surface area (Å²) in [5.74, 6) is -0.904. The normalized spacial score (nSPS) is 12.2. The van der Waals surface area contributed by atoms with Crippen molar-refractivity contribution in [1.82, 2.24) is 5.32 Å². The van der Waals surface area contributed by atoms with Crippen molar-refractivity contribution in [3.05, 3.63) is 57.7 Å². The van der Waals surface area contributed by atoms with Crippen LogP contribution >= 0.6 is 23.2 Å². The molecular formula is C13H10Cl2FNO2. The summed E-state index contributed by atoms with van der Waals surface area (Å²) in [6.07, 6.45) is 2.72. The van der Waals surface area contributed by atoms with E-state index in [9.17, 15) is 9.18 Å². The zero-order valence-electron chi connectivity index (χ0n) is 9.91. The third-order valence-corrected chi connectivity index (χ3v) is 3.25. The van der Waals surface area contributed by atoms with Gasteiger partial charge >= 0.3 is 0 Å². The van der Waals surface area contributed by atoms with E-state index in [0.717, 1.165) is 0 Å². The number of hydrogen-bond acceptors (Lipinski definition) is 2. The van der Waals surface area contributed by atoms with E-state index in [4.69, 9.17) is 27.6 Å².